The van der Waals surface area contributed by atoms with Gasteiger partial charge in [-0.2, -0.15) is 0 Å². The number of benzene rings is 2. The van der Waals surface area contributed by atoms with Gasteiger partial charge in [-0.25, -0.2) is 4.98 Å². The van der Waals surface area contributed by atoms with Crippen LogP contribution in [0.2, 0.25) is 0 Å². The molecular formula is C18H15ClN2O3S. The van der Waals surface area contributed by atoms with Crippen LogP contribution in [-0.2, 0) is 4.79 Å². The van der Waals surface area contributed by atoms with Crippen molar-refractivity contribution in [2.24, 2.45) is 0 Å². The molecule has 0 radical (unpaired) electrons. The number of nitrogens with zero attached hydrogens (tertiary/aromatic N) is 1. The highest BCUT2D eigenvalue weighted by atomic mass is 35.5. The van der Waals surface area contributed by atoms with Gasteiger partial charge >= 0.3 is 0 Å². The van der Waals surface area contributed by atoms with Crippen LogP contribution in [0.5, 0.6) is 11.5 Å². The normalized spacial score (nSPS) is 12.4. The summed E-state index contributed by atoms with van der Waals surface area (Å²) in [4.78, 5) is 16.2. The van der Waals surface area contributed by atoms with Gasteiger partial charge in [-0.05, 0) is 30.3 Å². The molecule has 0 fully saturated rings. The number of para-hydroxylation sites is 1. The van der Waals surface area contributed by atoms with Crippen LogP contribution in [0.15, 0.2) is 47.8 Å². The van der Waals surface area contributed by atoms with Crippen LogP contribution in [0.1, 0.15) is 0 Å². The van der Waals surface area contributed by atoms with E-state index in [-0.39, 0.29) is 24.9 Å². The highest BCUT2D eigenvalue weighted by Gasteiger charge is 2.17. The minimum atomic E-state index is -0.146. The first kappa shape index (κ1) is 17.3. The van der Waals surface area contributed by atoms with Gasteiger partial charge in [0.15, 0.2) is 6.61 Å². The lowest BCUT2D eigenvalue weighted by molar-refractivity contribution is -0.118. The molecule has 1 aromatic heterocycles. The zero-order valence-corrected chi connectivity index (χ0v) is 14.9. The molecule has 128 valence electrons. The van der Waals surface area contributed by atoms with Gasteiger partial charge < -0.3 is 14.8 Å². The van der Waals surface area contributed by atoms with E-state index in [0.717, 1.165) is 27.6 Å². The van der Waals surface area contributed by atoms with Gasteiger partial charge in [0.25, 0.3) is 5.91 Å². The SMILES string of the molecule is COc1ccccc1-c1nc(-c2ccc3c(c2)NC(=O)CO3)cs1.Cl. The van der Waals surface area contributed by atoms with E-state index < -0.39 is 0 Å². The van der Waals surface area contributed by atoms with Gasteiger partial charge in [0, 0.05) is 10.9 Å². The van der Waals surface area contributed by atoms with E-state index in [4.69, 9.17) is 14.5 Å². The van der Waals surface area contributed by atoms with E-state index in [9.17, 15) is 4.79 Å². The molecule has 2 heterocycles. The average molecular weight is 375 g/mol. The summed E-state index contributed by atoms with van der Waals surface area (Å²) in [7, 11) is 1.65. The molecule has 4 rings (SSSR count). The van der Waals surface area contributed by atoms with E-state index in [0.29, 0.717) is 11.4 Å². The first-order valence-electron chi connectivity index (χ1n) is 7.40. The number of carbonyl (C=O) groups excluding carboxylic acids is 1. The van der Waals surface area contributed by atoms with Crippen molar-refractivity contribution >= 4 is 35.3 Å². The molecule has 2 aromatic carbocycles. The Morgan fingerprint density at radius 2 is 2.08 bits per heavy atom. The van der Waals surface area contributed by atoms with E-state index in [1.165, 1.54) is 0 Å². The quantitative estimate of drug-likeness (QED) is 0.745. The van der Waals surface area contributed by atoms with Crippen LogP contribution < -0.4 is 14.8 Å². The van der Waals surface area contributed by atoms with Gasteiger partial charge in [-0.1, -0.05) is 12.1 Å². The van der Waals surface area contributed by atoms with Crippen LogP contribution in [0.3, 0.4) is 0 Å². The van der Waals surface area contributed by atoms with Crippen molar-refractivity contribution < 1.29 is 14.3 Å². The summed E-state index contributed by atoms with van der Waals surface area (Å²) in [5.41, 5.74) is 3.42. The van der Waals surface area contributed by atoms with Crippen molar-refractivity contribution in [3.63, 3.8) is 0 Å². The number of halogens is 1. The molecule has 1 N–H and O–H groups in total. The van der Waals surface area contributed by atoms with Gasteiger partial charge in [0.05, 0.1) is 24.1 Å². The van der Waals surface area contributed by atoms with E-state index >= 15 is 0 Å². The number of methoxy groups -OCH3 is 1. The average Bonchev–Trinajstić information content (AvgIpc) is 3.11. The predicted molar refractivity (Wildman–Crippen MR) is 101 cm³/mol. The number of hydrogen-bond acceptors (Lipinski definition) is 5. The molecule has 0 spiro atoms. The number of ether oxygens (including phenoxy) is 2. The van der Waals surface area contributed by atoms with Crippen molar-refractivity contribution in [1.29, 1.82) is 0 Å². The number of carbonyl (C=O) groups is 1. The molecule has 1 amide bonds. The summed E-state index contributed by atoms with van der Waals surface area (Å²) in [6, 6.07) is 13.5. The Kier molecular flexibility index (Phi) is 4.92. The Morgan fingerprint density at radius 3 is 2.92 bits per heavy atom. The molecule has 1 aliphatic heterocycles. The van der Waals surface area contributed by atoms with Crippen LogP contribution in [0, 0.1) is 0 Å². The monoisotopic (exact) mass is 374 g/mol. The Hall–Kier alpha value is -2.57. The smallest absolute Gasteiger partial charge is 0.262 e. The number of aromatic nitrogens is 1. The fourth-order valence-corrected chi connectivity index (χ4v) is 3.45. The van der Waals surface area contributed by atoms with Crippen molar-refractivity contribution in [3.05, 3.63) is 47.8 Å². The largest absolute Gasteiger partial charge is 0.496 e. The second-order valence-corrected chi connectivity index (χ2v) is 6.14. The summed E-state index contributed by atoms with van der Waals surface area (Å²) >= 11 is 1.56. The maximum atomic E-state index is 11.5. The van der Waals surface area contributed by atoms with Crippen molar-refractivity contribution in [2.45, 2.75) is 0 Å². The topological polar surface area (TPSA) is 60.5 Å². The molecule has 3 aromatic rings. The molecule has 7 heteroatoms. The first-order valence-corrected chi connectivity index (χ1v) is 8.28. The fourth-order valence-electron chi connectivity index (χ4n) is 2.59. The summed E-state index contributed by atoms with van der Waals surface area (Å²) in [6.07, 6.45) is 0. The summed E-state index contributed by atoms with van der Waals surface area (Å²) in [5.74, 6) is 1.33. The van der Waals surface area contributed by atoms with Crippen LogP contribution in [0.25, 0.3) is 21.8 Å². The third-order valence-electron chi connectivity index (χ3n) is 3.75. The maximum Gasteiger partial charge on any atom is 0.262 e. The van der Waals surface area contributed by atoms with Gasteiger partial charge in [0.1, 0.15) is 16.5 Å². The Morgan fingerprint density at radius 1 is 1.24 bits per heavy atom. The zero-order chi connectivity index (χ0) is 16.5. The fraction of sp³-hybridized carbons (Fsp3) is 0.111. The number of anilines is 1. The number of rotatable bonds is 3. The van der Waals surface area contributed by atoms with E-state index in [1.54, 1.807) is 18.4 Å². The highest BCUT2D eigenvalue weighted by Crippen LogP contribution is 2.37. The second kappa shape index (κ2) is 7.13. The number of thiazole rings is 1. The van der Waals surface area contributed by atoms with Gasteiger partial charge in [-0.3, -0.25) is 4.79 Å². The number of nitrogens with one attached hydrogen (secondary N) is 1. The maximum absolute atomic E-state index is 11.5. The first-order chi connectivity index (χ1) is 11.7. The minimum absolute atomic E-state index is 0. The van der Waals surface area contributed by atoms with E-state index in [2.05, 4.69) is 5.32 Å². The third kappa shape index (κ3) is 3.31. The lowest BCUT2D eigenvalue weighted by Crippen LogP contribution is -2.25. The van der Waals surface area contributed by atoms with E-state index in [1.807, 2.05) is 47.8 Å². The molecular weight excluding hydrogens is 360 g/mol. The van der Waals surface area contributed by atoms with Gasteiger partial charge in [-0.15, -0.1) is 23.7 Å². The zero-order valence-electron chi connectivity index (χ0n) is 13.3. The minimum Gasteiger partial charge on any atom is -0.496 e. The van der Waals surface area contributed by atoms with Gasteiger partial charge in [0.2, 0.25) is 0 Å². The summed E-state index contributed by atoms with van der Waals surface area (Å²) in [5, 5.41) is 5.70. The Labute approximate surface area is 155 Å². The van der Waals surface area contributed by atoms with Crippen molar-refractivity contribution in [1.82, 2.24) is 4.98 Å². The summed E-state index contributed by atoms with van der Waals surface area (Å²) < 4.78 is 10.8. The lowest BCUT2D eigenvalue weighted by atomic mass is 10.1. The number of amides is 1. The van der Waals surface area contributed by atoms with Crippen molar-refractivity contribution in [3.8, 4) is 33.3 Å². The standard InChI is InChI=1S/C18H14N2O3S.ClH/c1-22-15-5-3-2-4-12(15)18-20-14(10-24-18)11-6-7-16-13(8-11)19-17(21)9-23-16;/h2-8,10H,9H2,1H3,(H,19,21);1H. The van der Waals surface area contributed by atoms with Crippen LogP contribution in [0.4, 0.5) is 5.69 Å². The van der Waals surface area contributed by atoms with Crippen LogP contribution >= 0.6 is 23.7 Å². The molecule has 0 atom stereocenters. The highest BCUT2D eigenvalue weighted by molar-refractivity contribution is 7.13. The molecule has 0 unspecified atom stereocenters. The second-order valence-electron chi connectivity index (χ2n) is 5.29. The third-order valence-corrected chi connectivity index (χ3v) is 4.63. The summed E-state index contributed by atoms with van der Waals surface area (Å²) in [6.45, 7) is 0.0565. The number of hydrogen-bond donors (Lipinski definition) is 1. The molecule has 5 nitrogen and oxygen atoms in total. The Bertz CT molecular complexity index is 926. The lowest BCUT2D eigenvalue weighted by Gasteiger charge is -2.18. The Balaban J connectivity index is 0.00000182. The molecule has 1 aliphatic rings. The number of fused-ring (bicyclic) bond motifs is 1. The molecule has 0 saturated heterocycles. The van der Waals surface area contributed by atoms with Crippen molar-refractivity contribution in [2.75, 3.05) is 19.0 Å². The molecule has 0 bridgehead atoms. The molecule has 25 heavy (non-hydrogen) atoms. The molecule has 0 aliphatic carbocycles. The predicted octanol–water partition coefficient (Wildman–Crippen LogP) is 4.24. The molecule has 0 saturated carbocycles. The van der Waals surface area contributed by atoms with Crippen LogP contribution in [-0.4, -0.2) is 24.6 Å².